The quantitative estimate of drug-likeness (QED) is 0.726. The summed E-state index contributed by atoms with van der Waals surface area (Å²) in [7, 11) is 0. The Morgan fingerprint density at radius 2 is 2.29 bits per heavy atom. The first-order chi connectivity index (χ1) is 6.75. The van der Waals surface area contributed by atoms with Gasteiger partial charge in [0.2, 0.25) is 0 Å². The molecule has 3 heteroatoms. The average molecular weight is 191 g/mol. The zero-order valence-corrected chi connectivity index (χ0v) is 8.85. The first-order valence-electron chi connectivity index (χ1n) is 5.24. The van der Waals surface area contributed by atoms with Gasteiger partial charge in [-0.2, -0.15) is 10.2 Å². The van der Waals surface area contributed by atoms with E-state index in [0.717, 1.165) is 24.1 Å². The van der Waals surface area contributed by atoms with Crippen LogP contribution in [0.3, 0.4) is 0 Å². The van der Waals surface area contributed by atoms with Gasteiger partial charge in [-0.05, 0) is 24.0 Å². The van der Waals surface area contributed by atoms with Crippen molar-refractivity contribution in [2.45, 2.75) is 20.4 Å². The predicted octanol–water partition coefficient (Wildman–Crippen LogP) is 1.56. The molecular weight excluding hydrogens is 174 g/mol. The minimum absolute atomic E-state index is 0.813. The van der Waals surface area contributed by atoms with Gasteiger partial charge in [0.1, 0.15) is 0 Å². The van der Waals surface area contributed by atoms with Crippen molar-refractivity contribution >= 4 is 0 Å². The Kier molecular flexibility index (Phi) is 2.77. The largest absolute Gasteiger partial charge is 0.297 e. The van der Waals surface area contributed by atoms with E-state index in [4.69, 9.17) is 0 Å². The van der Waals surface area contributed by atoms with Gasteiger partial charge in [-0.1, -0.05) is 13.8 Å². The Hall–Kier alpha value is -0.960. The Morgan fingerprint density at radius 1 is 1.50 bits per heavy atom. The van der Waals surface area contributed by atoms with Crippen LogP contribution < -0.4 is 0 Å². The third-order valence-corrected chi connectivity index (χ3v) is 2.94. The van der Waals surface area contributed by atoms with Crippen LogP contribution in [0.1, 0.15) is 19.5 Å². The standard InChI is InChI=1S/C11H17N3/c1-9(2)10-6-14(7-10)8-11-4-3-5-12-13-11/h3-5,9-10H,6-8H2,1-2H3. The third kappa shape index (κ3) is 2.10. The van der Waals surface area contributed by atoms with E-state index in [-0.39, 0.29) is 0 Å². The van der Waals surface area contributed by atoms with Gasteiger partial charge in [-0.15, -0.1) is 0 Å². The lowest BCUT2D eigenvalue weighted by molar-refractivity contribution is 0.0600. The Morgan fingerprint density at radius 3 is 2.86 bits per heavy atom. The zero-order chi connectivity index (χ0) is 9.97. The topological polar surface area (TPSA) is 29.0 Å². The molecule has 1 aromatic heterocycles. The highest BCUT2D eigenvalue weighted by molar-refractivity contribution is 5.00. The average Bonchev–Trinajstić information content (AvgIpc) is 2.12. The van der Waals surface area contributed by atoms with Crippen molar-refractivity contribution in [1.29, 1.82) is 0 Å². The molecule has 1 aromatic rings. The maximum Gasteiger partial charge on any atom is 0.0771 e. The van der Waals surface area contributed by atoms with Gasteiger partial charge < -0.3 is 0 Å². The van der Waals surface area contributed by atoms with E-state index in [1.807, 2.05) is 12.1 Å². The fourth-order valence-electron chi connectivity index (χ4n) is 1.81. The summed E-state index contributed by atoms with van der Waals surface area (Å²) in [5, 5.41) is 7.95. The molecule has 14 heavy (non-hydrogen) atoms. The highest BCUT2D eigenvalue weighted by Crippen LogP contribution is 2.24. The molecule has 2 rings (SSSR count). The zero-order valence-electron chi connectivity index (χ0n) is 8.85. The van der Waals surface area contributed by atoms with Crippen molar-refractivity contribution in [1.82, 2.24) is 15.1 Å². The van der Waals surface area contributed by atoms with Gasteiger partial charge in [-0.3, -0.25) is 4.90 Å². The van der Waals surface area contributed by atoms with Crippen molar-refractivity contribution in [2.75, 3.05) is 13.1 Å². The number of rotatable bonds is 3. The van der Waals surface area contributed by atoms with Crippen LogP contribution in [-0.2, 0) is 6.54 Å². The van der Waals surface area contributed by atoms with Crippen molar-refractivity contribution in [3.05, 3.63) is 24.0 Å². The van der Waals surface area contributed by atoms with Crippen LogP contribution in [0, 0.1) is 11.8 Å². The first-order valence-corrected chi connectivity index (χ1v) is 5.24. The lowest BCUT2D eigenvalue weighted by Gasteiger charge is -2.41. The van der Waals surface area contributed by atoms with Crippen LogP contribution >= 0.6 is 0 Å². The number of likely N-dealkylation sites (tertiary alicyclic amines) is 1. The summed E-state index contributed by atoms with van der Waals surface area (Å²) in [4.78, 5) is 2.43. The molecule has 0 radical (unpaired) electrons. The number of aromatic nitrogens is 2. The van der Waals surface area contributed by atoms with Crippen LogP contribution in [0.2, 0.25) is 0 Å². The van der Waals surface area contributed by atoms with Crippen LogP contribution in [0.25, 0.3) is 0 Å². The van der Waals surface area contributed by atoms with Gasteiger partial charge in [0.25, 0.3) is 0 Å². The molecule has 1 saturated heterocycles. The van der Waals surface area contributed by atoms with Crippen molar-refractivity contribution in [2.24, 2.45) is 11.8 Å². The van der Waals surface area contributed by atoms with Crippen LogP contribution in [0.5, 0.6) is 0 Å². The van der Waals surface area contributed by atoms with Crippen molar-refractivity contribution < 1.29 is 0 Å². The van der Waals surface area contributed by atoms with Gasteiger partial charge >= 0.3 is 0 Å². The van der Waals surface area contributed by atoms with E-state index in [9.17, 15) is 0 Å². The summed E-state index contributed by atoms with van der Waals surface area (Å²) in [6.07, 6.45) is 1.72. The molecule has 0 aromatic carbocycles. The lowest BCUT2D eigenvalue weighted by Crippen LogP contribution is -2.48. The number of nitrogens with zero attached hydrogens (tertiary/aromatic N) is 3. The monoisotopic (exact) mass is 191 g/mol. The molecule has 0 spiro atoms. The molecular formula is C11H17N3. The van der Waals surface area contributed by atoms with Gasteiger partial charge in [0.05, 0.1) is 5.69 Å². The molecule has 2 heterocycles. The number of hydrogen-bond donors (Lipinski definition) is 0. The normalized spacial score (nSPS) is 18.5. The van der Waals surface area contributed by atoms with Gasteiger partial charge in [0.15, 0.2) is 0 Å². The van der Waals surface area contributed by atoms with Crippen LogP contribution in [0.4, 0.5) is 0 Å². The van der Waals surface area contributed by atoms with Crippen LogP contribution in [-0.4, -0.2) is 28.2 Å². The fraction of sp³-hybridized carbons (Fsp3) is 0.636. The molecule has 76 valence electrons. The van der Waals surface area contributed by atoms with E-state index in [2.05, 4.69) is 28.9 Å². The SMILES string of the molecule is CC(C)C1CN(Cc2cccnn2)C1. The molecule has 0 saturated carbocycles. The number of hydrogen-bond acceptors (Lipinski definition) is 3. The Balaban J connectivity index is 1.80. The smallest absolute Gasteiger partial charge is 0.0771 e. The molecule has 0 bridgehead atoms. The molecule has 0 unspecified atom stereocenters. The first kappa shape index (κ1) is 9.59. The van der Waals surface area contributed by atoms with Crippen molar-refractivity contribution in [3.8, 4) is 0 Å². The maximum absolute atomic E-state index is 4.08. The Labute approximate surface area is 85.1 Å². The van der Waals surface area contributed by atoms with E-state index in [1.165, 1.54) is 13.1 Å². The second-order valence-corrected chi connectivity index (χ2v) is 4.41. The molecule has 3 nitrogen and oxygen atoms in total. The molecule has 1 aliphatic rings. The lowest BCUT2D eigenvalue weighted by atomic mass is 9.88. The van der Waals surface area contributed by atoms with E-state index < -0.39 is 0 Å². The fourth-order valence-corrected chi connectivity index (χ4v) is 1.81. The highest BCUT2D eigenvalue weighted by Gasteiger charge is 2.28. The van der Waals surface area contributed by atoms with Gasteiger partial charge in [0, 0.05) is 25.8 Å². The Bertz CT molecular complexity index is 278. The molecule has 0 atom stereocenters. The molecule has 0 aliphatic carbocycles. The van der Waals surface area contributed by atoms with Gasteiger partial charge in [-0.25, -0.2) is 0 Å². The maximum atomic E-state index is 4.08. The highest BCUT2D eigenvalue weighted by atomic mass is 15.2. The summed E-state index contributed by atoms with van der Waals surface area (Å²) in [5.41, 5.74) is 1.08. The summed E-state index contributed by atoms with van der Waals surface area (Å²) >= 11 is 0. The van der Waals surface area contributed by atoms with E-state index >= 15 is 0 Å². The van der Waals surface area contributed by atoms with Crippen LogP contribution in [0.15, 0.2) is 18.3 Å². The van der Waals surface area contributed by atoms with E-state index in [1.54, 1.807) is 6.20 Å². The second-order valence-electron chi connectivity index (χ2n) is 4.41. The summed E-state index contributed by atoms with van der Waals surface area (Å²) in [6, 6.07) is 3.98. The minimum atomic E-state index is 0.813. The minimum Gasteiger partial charge on any atom is -0.297 e. The predicted molar refractivity (Wildman–Crippen MR) is 55.6 cm³/mol. The summed E-state index contributed by atoms with van der Waals surface area (Å²) in [5.74, 6) is 1.69. The molecule has 1 fully saturated rings. The summed E-state index contributed by atoms with van der Waals surface area (Å²) in [6.45, 7) is 7.98. The molecule has 1 aliphatic heterocycles. The molecule has 0 amide bonds. The van der Waals surface area contributed by atoms with E-state index in [0.29, 0.717) is 0 Å². The molecule has 0 N–H and O–H groups in total. The third-order valence-electron chi connectivity index (χ3n) is 2.94. The second kappa shape index (κ2) is 4.05. The summed E-state index contributed by atoms with van der Waals surface area (Å²) < 4.78 is 0. The van der Waals surface area contributed by atoms with Crippen molar-refractivity contribution in [3.63, 3.8) is 0 Å².